The molecular formula is C18H19N2O4-. The number of benzene rings is 1. The van der Waals surface area contributed by atoms with Crippen molar-refractivity contribution in [3.05, 3.63) is 36.4 Å². The Morgan fingerprint density at radius 2 is 1.75 bits per heavy atom. The summed E-state index contributed by atoms with van der Waals surface area (Å²) in [5, 5.41) is 13.9. The van der Waals surface area contributed by atoms with Crippen molar-refractivity contribution in [3.8, 4) is 0 Å². The van der Waals surface area contributed by atoms with Crippen molar-refractivity contribution in [2.24, 2.45) is 11.8 Å². The van der Waals surface area contributed by atoms with Crippen LogP contribution in [0.2, 0.25) is 0 Å². The van der Waals surface area contributed by atoms with E-state index in [0.717, 1.165) is 12.1 Å². The number of carbonyl (C=O) groups is 3. The maximum Gasteiger partial charge on any atom is 0.228 e. The SMILES string of the molecule is O=C(Nc1ccc(N2CCCC2=O)cc1)[C@H]1CC=CC[C@H]1C(=O)[O-]. The van der Waals surface area contributed by atoms with Gasteiger partial charge in [-0.05, 0) is 43.5 Å². The molecule has 0 unspecified atom stereocenters. The first-order valence-electron chi connectivity index (χ1n) is 8.13. The van der Waals surface area contributed by atoms with Crippen LogP contribution in [0.1, 0.15) is 25.7 Å². The largest absolute Gasteiger partial charge is 0.550 e. The fraction of sp³-hybridized carbons (Fsp3) is 0.389. The molecule has 1 heterocycles. The Morgan fingerprint density at radius 3 is 2.33 bits per heavy atom. The Labute approximate surface area is 140 Å². The monoisotopic (exact) mass is 327 g/mol. The Balaban J connectivity index is 1.67. The highest BCUT2D eigenvalue weighted by molar-refractivity contribution is 5.97. The summed E-state index contributed by atoms with van der Waals surface area (Å²) in [5.41, 5.74) is 1.39. The van der Waals surface area contributed by atoms with Gasteiger partial charge in [-0.1, -0.05) is 12.2 Å². The summed E-state index contributed by atoms with van der Waals surface area (Å²) < 4.78 is 0. The molecule has 0 saturated carbocycles. The number of carboxylic acid groups (broad SMARTS) is 1. The van der Waals surface area contributed by atoms with Crippen molar-refractivity contribution in [3.63, 3.8) is 0 Å². The summed E-state index contributed by atoms with van der Waals surface area (Å²) >= 11 is 0. The lowest BCUT2D eigenvalue weighted by Gasteiger charge is -2.28. The Bertz CT molecular complexity index is 681. The predicted molar refractivity (Wildman–Crippen MR) is 87.0 cm³/mol. The maximum absolute atomic E-state index is 12.4. The third-order valence-corrected chi connectivity index (χ3v) is 4.59. The van der Waals surface area contributed by atoms with Gasteiger partial charge in [0.15, 0.2) is 0 Å². The number of rotatable bonds is 4. The average Bonchev–Trinajstić information content (AvgIpc) is 3.01. The molecule has 0 spiro atoms. The van der Waals surface area contributed by atoms with E-state index in [9.17, 15) is 19.5 Å². The maximum atomic E-state index is 12.4. The molecule has 1 N–H and O–H groups in total. The summed E-state index contributed by atoms with van der Waals surface area (Å²) in [4.78, 5) is 37.0. The zero-order valence-corrected chi connectivity index (χ0v) is 13.2. The van der Waals surface area contributed by atoms with E-state index in [1.165, 1.54) is 0 Å². The zero-order chi connectivity index (χ0) is 17.1. The number of carbonyl (C=O) groups excluding carboxylic acids is 3. The second-order valence-corrected chi connectivity index (χ2v) is 6.16. The van der Waals surface area contributed by atoms with Crippen molar-refractivity contribution in [2.75, 3.05) is 16.8 Å². The molecule has 0 bridgehead atoms. The molecule has 1 aromatic carbocycles. The fourth-order valence-electron chi connectivity index (χ4n) is 3.25. The second-order valence-electron chi connectivity index (χ2n) is 6.16. The fourth-order valence-corrected chi connectivity index (χ4v) is 3.25. The van der Waals surface area contributed by atoms with Crippen molar-refractivity contribution in [2.45, 2.75) is 25.7 Å². The number of amides is 2. The third kappa shape index (κ3) is 3.32. The molecule has 126 valence electrons. The Morgan fingerprint density at radius 1 is 1.08 bits per heavy atom. The molecule has 1 aliphatic carbocycles. The summed E-state index contributed by atoms with van der Waals surface area (Å²) in [5.74, 6) is -2.82. The van der Waals surface area contributed by atoms with Crippen LogP contribution in [-0.4, -0.2) is 24.3 Å². The van der Waals surface area contributed by atoms with Gasteiger partial charge >= 0.3 is 0 Å². The molecule has 1 aliphatic heterocycles. The first-order valence-corrected chi connectivity index (χ1v) is 8.13. The summed E-state index contributed by atoms with van der Waals surface area (Å²) in [7, 11) is 0. The lowest BCUT2D eigenvalue weighted by atomic mass is 9.82. The van der Waals surface area contributed by atoms with Crippen molar-refractivity contribution in [1.82, 2.24) is 0 Å². The predicted octanol–water partition coefficient (Wildman–Crippen LogP) is 1.08. The van der Waals surface area contributed by atoms with Crippen molar-refractivity contribution < 1.29 is 19.5 Å². The smallest absolute Gasteiger partial charge is 0.228 e. The first-order chi connectivity index (χ1) is 11.6. The minimum atomic E-state index is -1.19. The molecule has 0 radical (unpaired) electrons. The van der Waals surface area contributed by atoms with E-state index in [1.807, 2.05) is 6.08 Å². The molecule has 2 aliphatic rings. The number of hydrogen-bond acceptors (Lipinski definition) is 4. The summed E-state index contributed by atoms with van der Waals surface area (Å²) in [6.07, 6.45) is 5.73. The normalized spacial score (nSPS) is 23.3. The van der Waals surface area contributed by atoms with E-state index in [2.05, 4.69) is 5.32 Å². The van der Waals surface area contributed by atoms with E-state index in [1.54, 1.807) is 35.2 Å². The molecule has 6 nitrogen and oxygen atoms in total. The second kappa shape index (κ2) is 6.86. The molecule has 2 atom stereocenters. The van der Waals surface area contributed by atoms with E-state index in [-0.39, 0.29) is 11.8 Å². The van der Waals surface area contributed by atoms with Gasteiger partial charge in [-0.15, -0.1) is 0 Å². The molecule has 24 heavy (non-hydrogen) atoms. The van der Waals surface area contributed by atoms with Crippen LogP contribution >= 0.6 is 0 Å². The van der Waals surface area contributed by atoms with Crippen LogP contribution in [0.25, 0.3) is 0 Å². The lowest BCUT2D eigenvalue weighted by Crippen LogP contribution is -2.41. The topological polar surface area (TPSA) is 89.5 Å². The molecule has 1 fully saturated rings. The molecule has 0 aromatic heterocycles. The lowest BCUT2D eigenvalue weighted by molar-refractivity contribution is -0.313. The van der Waals surface area contributed by atoms with Crippen LogP contribution < -0.4 is 15.3 Å². The average molecular weight is 327 g/mol. The number of aliphatic carboxylic acids is 1. The number of hydrogen-bond donors (Lipinski definition) is 1. The van der Waals surface area contributed by atoms with Gasteiger partial charge in [0.2, 0.25) is 11.8 Å². The minimum absolute atomic E-state index is 0.109. The van der Waals surface area contributed by atoms with Crippen molar-refractivity contribution in [1.29, 1.82) is 0 Å². The van der Waals surface area contributed by atoms with E-state index in [4.69, 9.17) is 0 Å². The van der Waals surface area contributed by atoms with Crippen LogP contribution in [0.4, 0.5) is 11.4 Å². The van der Waals surface area contributed by atoms with Gasteiger partial charge < -0.3 is 20.1 Å². The highest BCUT2D eigenvalue weighted by Gasteiger charge is 2.30. The van der Waals surface area contributed by atoms with Gasteiger partial charge in [-0.3, -0.25) is 9.59 Å². The van der Waals surface area contributed by atoms with E-state index < -0.39 is 17.8 Å². The van der Waals surface area contributed by atoms with Gasteiger partial charge in [0, 0.05) is 36.2 Å². The number of anilines is 2. The quantitative estimate of drug-likeness (QED) is 0.838. The van der Waals surface area contributed by atoms with Crippen LogP contribution in [0.5, 0.6) is 0 Å². The van der Waals surface area contributed by atoms with Gasteiger partial charge in [-0.25, -0.2) is 0 Å². The molecule has 6 heteroatoms. The van der Waals surface area contributed by atoms with Crippen LogP contribution in [0.3, 0.4) is 0 Å². The number of allylic oxidation sites excluding steroid dienone is 2. The van der Waals surface area contributed by atoms with Gasteiger partial charge in [0.25, 0.3) is 0 Å². The molecule has 1 aromatic rings. The number of carboxylic acids is 1. The molecular weight excluding hydrogens is 308 g/mol. The Hall–Kier alpha value is -2.63. The standard InChI is InChI=1S/C18H20N2O4/c21-16-6-3-11-20(16)13-9-7-12(8-10-13)19-17(22)14-4-1-2-5-15(14)18(23)24/h1-2,7-10,14-15H,3-6,11H2,(H,19,22)(H,23,24)/p-1/t14-,15+/m0/s1. The van der Waals surface area contributed by atoms with Crippen LogP contribution in [-0.2, 0) is 14.4 Å². The molecule has 1 saturated heterocycles. The molecule has 3 rings (SSSR count). The number of nitrogens with zero attached hydrogens (tertiary/aromatic N) is 1. The van der Waals surface area contributed by atoms with E-state index in [0.29, 0.717) is 31.5 Å². The minimum Gasteiger partial charge on any atom is -0.550 e. The Kier molecular flexibility index (Phi) is 4.64. The zero-order valence-electron chi connectivity index (χ0n) is 13.2. The number of nitrogens with one attached hydrogen (secondary N) is 1. The summed E-state index contributed by atoms with van der Waals surface area (Å²) in [6.45, 7) is 0.715. The van der Waals surface area contributed by atoms with Crippen LogP contribution in [0, 0.1) is 11.8 Å². The van der Waals surface area contributed by atoms with Gasteiger partial charge in [-0.2, -0.15) is 0 Å². The third-order valence-electron chi connectivity index (χ3n) is 4.59. The van der Waals surface area contributed by atoms with Crippen LogP contribution in [0.15, 0.2) is 36.4 Å². The van der Waals surface area contributed by atoms with E-state index >= 15 is 0 Å². The molecule has 2 amide bonds. The first kappa shape index (κ1) is 16.2. The highest BCUT2D eigenvalue weighted by Crippen LogP contribution is 2.27. The highest BCUT2D eigenvalue weighted by atomic mass is 16.4. The van der Waals surface area contributed by atoms with Gasteiger partial charge in [0.1, 0.15) is 0 Å². The van der Waals surface area contributed by atoms with Crippen molar-refractivity contribution >= 4 is 29.2 Å². The van der Waals surface area contributed by atoms with Gasteiger partial charge in [0.05, 0.1) is 5.92 Å². The summed E-state index contributed by atoms with van der Waals surface area (Å²) in [6, 6.07) is 7.03.